The highest BCUT2D eigenvalue weighted by Gasteiger charge is 2.36. The van der Waals surface area contributed by atoms with Crippen LogP contribution in [0.4, 0.5) is 0 Å². The number of nitrogens with zero attached hydrogens (tertiary/aromatic N) is 3. The van der Waals surface area contributed by atoms with Gasteiger partial charge in [-0.1, -0.05) is 53.6 Å². The molecule has 9 heteroatoms. The van der Waals surface area contributed by atoms with Gasteiger partial charge < -0.3 is 4.74 Å². The number of fused-ring (bicyclic) bond motifs is 1. The number of nitrogens with one attached hydrogen (secondary N) is 1. The van der Waals surface area contributed by atoms with Gasteiger partial charge in [-0.15, -0.1) is 11.8 Å². The van der Waals surface area contributed by atoms with Crippen molar-refractivity contribution in [3.63, 3.8) is 0 Å². The molecule has 3 aromatic rings. The molecule has 0 unspecified atom stereocenters. The first kappa shape index (κ1) is 24.4. The first-order chi connectivity index (χ1) is 17.5. The molecule has 0 radical (unpaired) electrons. The molecule has 0 bridgehead atoms. The molecule has 0 fully saturated rings. The molecule has 0 atom stereocenters. The Morgan fingerprint density at radius 2 is 1.89 bits per heavy atom. The number of ether oxygens (including phenoxy) is 1. The summed E-state index contributed by atoms with van der Waals surface area (Å²) in [6.07, 6.45) is 1.66. The van der Waals surface area contributed by atoms with Crippen molar-refractivity contribution in [1.29, 1.82) is 5.41 Å². The smallest absolute Gasteiger partial charge is 0.283 e. The number of amidine groups is 2. The predicted octanol–water partition coefficient (Wildman–Crippen LogP) is 6.49. The van der Waals surface area contributed by atoms with Gasteiger partial charge in [0.1, 0.15) is 10.8 Å². The number of thioether (sulfide) groups is 2. The molecule has 0 aromatic heterocycles. The molecule has 0 saturated heterocycles. The van der Waals surface area contributed by atoms with Crippen LogP contribution in [0.25, 0.3) is 6.08 Å². The largest absolute Gasteiger partial charge is 0.493 e. The maximum Gasteiger partial charge on any atom is 0.283 e. The lowest BCUT2D eigenvalue weighted by Gasteiger charge is -2.20. The maximum absolute atomic E-state index is 12.8. The van der Waals surface area contributed by atoms with E-state index in [1.807, 2.05) is 79.7 Å². The van der Waals surface area contributed by atoms with Crippen LogP contribution in [0.1, 0.15) is 16.7 Å². The summed E-state index contributed by atoms with van der Waals surface area (Å²) in [6.45, 7) is 2.55. The van der Waals surface area contributed by atoms with Crippen molar-refractivity contribution in [3.8, 4) is 5.75 Å². The van der Waals surface area contributed by atoms with Crippen LogP contribution in [-0.2, 0) is 4.79 Å². The second-order valence-corrected chi connectivity index (χ2v) is 10.6. The van der Waals surface area contributed by atoms with E-state index in [0.717, 1.165) is 32.4 Å². The number of aliphatic imine (C=N–C) groups is 1. The Labute approximate surface area is 222 Å². The molecular formula is C27H21ClN4O2S2. The molecule has 5 rings (SSSR count). The number of hydrogen-bond donors (Lipinski definition) is 1. The van der Waals surface area contributed by atoms with Gasteiger partial charge in [0.25, 0.3) is 5.91 Å². The van der Waals surface area contributed by atoms with E-state index in [1.54, 1.807) is 17.8 Å². The number of halogens is 1. The van der Waals surface area contributed by atoms with Gasteiger partial charge in [0.2, 0.25) is 5.17 Å². The van der Waals surface area contributed by atoms with Gasteiger partial charge in [-0.25, -0.2) is 0 Å². The van der Waals surface area contributed by atoms with Crippen LogP contribution in [0, 0.1) is 12.3 Å². The van der Waals surface area contributed by atoms with Gasteiger partial charge in [-0.2, -0.15) is 15.1 Å². The molecule has 3 aromatic carbocycles. The van der Waals surface area contributed by atoms with Crippen molar-refractivity contribution in [3.05, 3.63) is 100 Å². The van der Waals surface area contributed by atoms with E-state index >= 15 is 0 Å². The van der Waals surface area contributed by atoms with Crippen LogP contribution in [-0.4, -0.2) is 39.3 Å². The number of benzene rings is 3. The Kier molecular flexibility index (Phi) is 7.27. The highest BCUT2D eigenvalue weighted by Crippen LogP contribution is 2.31. The summed E-state index contributed by atoms with van der Waals surface area (Å²) in [6, 6.07) is 23.1. The first-order valence-electron chi connectivity index (χ1n) is 11.1. The molecule has 2 heterocycles. The number of aryl methyl sites for hydroxylation is 1. The fourth-order valence-corrected chi connectivity index (χ4v) is 5.27. The van der Waals surface area contributed by atoms with Crippen molar-refractivity contribution in [2.45, 2.75) is 11.8 Å². The van der Waals surface area contributed by atoms with Gasteiger partial charge in [0.15, 0.2) is 5.84 Å². The highest BCUT2D eigenvalue weighted by atomic mass is 35.5. The van der Waals surface area contributed by atoms with Crippen LogP contribution in [0.5, 0.6) is 5.75 Å². The lowest BCUT2D eigenvalue weighted by Crippen LogP contribution is -2.35. The monoisotopic (exact) mass is 532 g/mol. The molecule has 1 N–H and O–H groups in total. The van der Waals surface area contributed by atoms with Crippen molar-refractivity contribution in [1.82, 2.24) is 5.01 Å². The van der Waals surface area contributed by atoms with Crippen LogP contribution in [0.2, 0.25) is 5.02 Å². The fourth-order valence-electron chi connectivity index (χ4n) is 3.52. The Morgan fingerprint density at radius 3 is 2.67 bits per heavy atom. The number of hydrazone groups is 1. The van der Waals surface area contributed by atoms with E-state index in [0.29, 0.717) is 22.6 Å². The Balaban J connectivity index is 1.26. The first-order valence-corrected chi connectivity index (χ1v) is 13.3. The third-order valence-electron chi connectivity index (χ3n) is 5.36. The van der Waals surface area contributed by atoms with Crippen LogP contribution >= 0.6 is 35.1 Å². The SMILES string of the molecule is Cc1ccc(C2=NN3C(=N)/C(=C/c4cccc(OCCSc5ccc(Cl)cc5)c4)C(=O)N=C3S2)cc1. The Morgan fingerprint density at radius 1 is 1.11 bits per heavy atom. The van der Waals surface area contributed by atoms with Crippen LogP contribution < -0.4 is 4.74 Å². The molecule has 2 aliphatic heterocycles. The number of hydrogen-bond acceptors (Lipinski definition) is 6. The van der Waals surface area contributed by atoms with E-state index in [2.05, 4.69) is 10.1 Å². The van der Waals surface area contributed by atoms with Crippen molar-refractivity contribution in [2.75, 3.05) is 12.4 Å². The fraction of sp³-hybridized carbons (Fsp3) is 0.111. The quantitative estimate of drug-likeness (QED) is 0.214. The van der Waals surface area contributed by atoms with Gasteiger partial charge in [0.05, 0.1) is 12.2 Å². The minimum Gasteiger partial charge on any atom is -0.493 e. The normalized spacial score (nSPS) is 16.2. The van der Waals surface area contributed by atoms with Gasteiger partial charge >= 0.3 is 0 Å². The minimum absolute atomic E-state index is 0.00491. The van der Waals surface area contributed by atoms with E-state index < -0.39 is 5.91 Å². The summed E-state index contributed by atoms with van der Waals surface area (Å²) < 4.78 is 5.90. The van der Waals surface area contributed by atoms with Gasteiger partial charge in [-0.3, -0.25) is 10.2 Å². The average Bonchev–Trinajstić information content (AvgIpc) is 3.30. The van der Waals surface area contributed by atoms with Crippen molar-refractivity contribution in [2.24, 2.45) is 10.1 Å². The molecule has 6 nitrogen and oxygen atoms in total. The summed E-state index contributed by atoms with van der Waals surface area (Å²) in [4.78, 5) is 18.1. The average molecular weight is 533 g/mol. The molecular weight excluding hydrogens is 512 g/mol. The Bertz CT molecular complexity index is 1420. The predicted molar refractivity (Wildman–Crippen MR) is 149 cm³/mol. The summed E-state index contributed by atoms with van der Waals surface area (Å²) in [5.74, 6) is 1.02. The number of rotatable bonds is 7. The van der Waals surface area contributed by atoms with Gasteiger partial charge in [-0.05, 0) is 66.7 Å². The summed E-state index contributed by atoms with van der Waals surface area (Å²) in [5, 5.41) is 16.4. The second kappa shape index (κ2) is 10.7. The maximum atomic E-state index is 12.8. The van der Waals surface area contributed by atoms with Gasteiger partial charge in [0, 0.05) is 21.2 Å². The third kappa shape index (κ3) is 5.56. The Hall–Kier alpha value is -3.33. The zero-order valence-corrected chi connectivity index (χ0v) is 21.7. The second-order valence-electron chi connectivity index (χ2n) is 8.01. The van der Waals surface area contributed by atoms with E-state index in [-0.39, 0.29) is 11.4 Å². The highest BCUT2D eigenvalue weighted by molar-refractivity contribution is 8.27. The summed E-state index contributed by atoms with van der Waals surface area (Å²) in [7, 11) is 0. The van der Waals surface area contributed by atoms with Crippen LogP contribution in [0.15, 0.2) is 93.4 Å². The number of carbonyl (C=O) groups is 1. The molecule has 0 saturated carbocycles. The van der Waals surface area contributed by atoms with E-state index in [4.69, 9.17) is 21.7 Å². The molecule has 0 aliphatic carbocycles. The van der Waals surface area contributed by atoms with E-state index in [1.165, 1.54) is 16.8 Å². The van der Waals surface area contributed by atoms with Crippen molar-refractivity contribution >= 4 is 63.2 Å². The standard InChI is InChI=1S/C27H21ClN4O2S2/c1-17-5-7-19(8-6-17)26-31-32-24(29)23(25(33)30-27(32)36-26)16-18-3-2-4-21(15-18)34-13-14-35-22-11-9-20(28)10-12-22/h2-12,15-16,29H,13-14H2,1H3/b23-16-,29-24?. The molecule has 0 spiro atoms. The lowest BCUT2D eigenvalue weighted by atomic mass is 10.1. The molecule has 2 aliphatic rings. The zero-order valence-electron chi connectivity index (χ0n) is 19.3. The number of amides is 1. The summed E-state index contributed by atoms with van der Waals surface area (Å²) in [5.41, 5.74) is 3.01. The molecule has 1 amide bonds. The minimum atomic E-state index is -0.454. The topological polar surface area (TPSA) is 78.1 Å². The van der Waals surface area contributed by atoms with Crippen LogP contribution in [0.3, 0.4) is 0 Å². The number of carbonyl (C=O) groups excluding carboxylic acids is 1. The van der Waals surface area contributed by atoms with Crippen molar-refractivity contribution < 1.29 is 9.53 Å². The lowest BCUT2D eigenvalue weighted by molar-refractivity contribution is -0.114. The molecule has 36 heavy (non-hydrogen) atoms. The zero-order chi connectivity index (χ0) is 25.1. The third-order valence-corrected chi connectivity index (χ3v) is 7.54. The molecule has 180 valence electrons. The summed E-state index contributed by atoms with van der Waals surface area (Å²) >= 11 is 8.91. The van der Waals surface area contributed by atoms with E-state index in [9.17, 15) is 4.79 Å².